The summed E-state index contributed by atoms with van der Waals surface area (Å²) in [5.74, 6) is -0.345. The van der Waals surface area contributed by atoms with E-state index < -0.39 is 0 Å². The van der Waals surface area contributed by atoms with Gasteiger partial charge in [-0.25, -0.2) is 0 Å². The van der Waals surface area contributed by atoms with Crippen LogP contribution < -0.4 is 35.3 Å². The van der Waals surface area contributed by atoms with Gasteiger partial charge in [-0.2, -0.15) is 0 Å². The van der Waals surface area contributed by atoms with Crippen molar-refractivity contribution in [2.45, 2.75) is 13.8 Å². The van der Waals surface area contributed by atoms with Gasteiger partial charge in [-0.05, 0) is 13.8 Å². The van der Waals surface area contributed by atoms with Crippen LogP contribution in [-0.2, 0) is 4.79 Å². The molecule has 0 unspecified atom stereocenters. The van der Waals surface area contributed by atoms with Crippen molar-refractivity contribution in [3.63, 3.8) is 0 Å². The molecular formula is C5H10NNaO. The van der Waals surface area contributed by atoms with Crippen LogP contribution in [0.5, 0.6) is 0 Å². The van der Waals surface area contributed by atoms with E-state index in [1.165, 1.54) is 0 Å². The van der Waals surface area contributed by atoms with Gasteiger partial charge < -0.3 is 7.16 Å². The zero-order valence-corrected chi connectivity index (χ0v) is 7.56. The summed E-state index contributed by atoms with van der Waals surface area (Å²) >= 11 is 0. The average Bonchev–Trinajstić information content (AvgIpc) is 1.65. The number of amides is 1. The molecule has 0 heterocycles. The number of allylic oxidation sites excluding steroid dienone is 1. The minimum Gasteiger partial charge on any atom is -1.00 e. The third-order valence-electron chi connectivity index (χ3n) is 0.822. The van der Waals surface area contributed by atoms with E-state index in [9.17, 15) is 4.79 Å². The van der Waals surface area contributed by atoms with Gasteiger partial charge in [0.25, 0.3) is 0 Å². The molecule has 0 aromatic heterocycles. The molecule has 2 N–H and O–H groups in total. The smallest absolute Gasteiger partial charge is 1.00 e. The molecule has 0 aromatic carbocycles. The third kappa shape index (κ3) is 4.37. The number of carbonyl (C=O) groups excluding carboxylic acids is 1. The van der Waals surface area contributed by atoms with Crippen molar-refractivity contribution in [1.29, 1.82) is 0 Å². The topological polar surface area (TPSA) is 43.1 Å². The maximum atomic E-state index is 10.1. The fraction of sp³-hybridized carbons (Fsp3) is 0.400. The Kier molecular flexibility index (Phi) is 7.40. The van der Waals surface area contributed by atoms with Crippen molar-refractivity contribution < 1.29 is 35.8 Å². The number of rotatable bonds is 1. The average molecular weight is 123 g/mol. The first-order chi connectivity index (χ1) is 3.18. The maximum Gasteiger partial charge on any atom is 1.00 e. The number of carbonyl (C=O) groups is 1. The summed E-state index contributed by atoms with van der Waals surface area (Å²) in [5.41, 5.74) is 5.45. The minimum absolute atomic E-state index is 0. The van der Waals surface area contributed by atoms with Crippen molar-refractivity contribution in [2.75, 3.05) is 0 Å². The van der Waals surface area contributed by atoms with Crippen molar-refractivity contribution in [1.82, 2.24) is 0 Å². The fourth-order valence-corrected chi connectivity index (χ4v) is 0.142. The Balaban J connectivity index is -0.000000180. The van der Waals surface area contributed by atoms with E-state index in [0.717, 1.165) is 0 Å². The molecule has 8 heavy (non-hydrogen) atoms. The van der Waals surface area contributed by atoms with Gasteiger partial charge in [0.2, 0.25) is 5.91 Å². The van der Waals surface area contributed by atoms with E-state index in [1.54, 1.807) is 19.9 Å². The Morgan fingerprint density at radius 1 is 1.75 bits per heavy atom. The zero-order chi connectivity index (χ0) is 5.86. The van der Waals surface area contributed by atoms with Crippen LogP contribution in [0, 0.1) is 0 Å². The predicted octanol–water partition coefficient (Wildman–Crippen LogP) is -2.45. The van der Waals surface area contributed by atoms with E-state index in [0.29, 0.717) is 5.57 Å². The Bertz CT molecular complexity index is 114. The second-order valence-electron chi connectivity index (χ2n) is 1.34. The third-order valence-corrected chi connectivity index (χ3v) is 0.822. The molecule has 0 bridgehead atoms. The summed E-state index contributed by atoms with van der Waals surface area (Å²) in [5, 5.41) is 0. The molecule has 3 heteroatoms. The Hall–Kier alpha value is 0.210. The Morgan fingerprint density at radius 2 is 2.12 bits per heavy atom. The molecule has 0 fully saturated rings. The molecule has 0 aliphatic heterocycles. The van der Waals surface area contributed by atoms with E-state index in [4.69, 9.17) is 5.73 Å². The van der Waals surface area contributed by atoms with Crippen LogP contribution in [-0.4, -0.2) is 5.91 Å². The first-order valence-electron chi connectivity index (χ1n) is 2.11. The standard InChI is InChI=1S/C5H9NO.Na.H/c1-3-4(2)5(6)7;;/h3H,1-2H3,(H2,6,7);;/q;+1;-1. The predicted molar refractivity (Wildman–Crippen MR) is 29.7 cm³/mol. The molecule has 0 aliphatic carbocycles. The van der Waals surface area contributed by atoms with Crippen molar-refractivity contribution in [3.8, 4) is 0 Å². The van der Waals surface area contributed by atoms with E-state index in [1.807, 2.05) is 0 Å². The zero-order valence-electron chi connectivity index (χ0n) is 6.56. The number of hydrogen-bond acceptors (Lipinski definition) is 1. The summed E-state index contributed by atoms with van der Waals surface area (Å²) in [6.07, 6.45) is 1.68. The van der Waals surface area contributed by atoms with Crippen LogP contribution in [0.25, 0.3) is 0 Å². The van der Waals surface area contributed by atoms with E-state index in [-0.39, 0.29) is 36.9 Å². The maximum absolute atomic E-state index is 10.1. The summed E-state index contributed by atoms with van der Waals surface area (Å²) in [6.45, 7) is 3.46. The van der Waals surface area contributed by atoms with Crippen LogP contribution in [0.4, 0.5) is 0 Å². The molecule has 0 aromatic rings. The molecule has 0 saturated carbocycles. The summed E-state index contributed by atoms with van der Waals surface area (Å²) < 4.78 is 0. The summed E-state index contributed by atoms with van der Waals surface area (Å²) in [4.78, 5) is 10.1. The summed E-state index contributed by atoms with van der Waals surface area (Å²) in [6, 6.07) is 0. The van der Waals surface area contributed by atoms with Gasteiger partial charge in [0.15, 0.2) is 0 Å². The Morgan fingerprint density at radius 3 is 2.12 bits per heavy atom. The van der Waals surface area contributed by atoms with Gasteiger partial charge in [0, 0.05) is 5.57 Å². The molecular weight excluding hydrogens is 113 g/mol. The molecule has 1 amide bonds. The van der Waals surface area contributed by atoms with Crippen LogP contribution in [0.1, 0.15) is 15.3 Å². The van der Waals surface area contributed by atoms with Crippen LogP contribution in [0.15, 0.2) is 11.6 Å². The van der Waals surface area contributed by atoms with Gasteiger partial charge >= 0.3 is 29.6 Å². The normalized spacial score (nSPS) is 10.0. The minimum atomic E-state index is -0.345. The number of primary amides is 1. The van der Waals surface area contributed by atoms with Gasteiger partial charge in [-0.3, -0.25) is 4.79 Å². The molecule has 42 valence electrons. The molecule has 0 rings (SSSR count). The number of hydrogen-bond donors (Lipinski definition) is 1. The SMILES string of the molecule is CC=C(C)C(N)=O.[H-].[Na+]. The van der Waals surface area contributed by atoms with Crippen molar-refractivity contribution in [3.05, 3.63) is 11.6 Å². The molecule has 0 spiro atoms. The van der Waals surface area contributed by atoms with E-state index in [2.05, 4.69) is 0 Å². The van der Waals surface area contributed by atoms with Gasteiger partial charge in [0.1, 0.15) is 0 Å². The van der Waals surface area contributed by atoms with Crippen molar-refractivity contribution >= 4 is 5.91 Å². The monoisotopic (exact) mass is 123 g/mol. The molecule has 0 atom stereocenters. The Labute approximate surface area is 72.9 Å². The molecule has 0 saturated heterocycles. The summed E-state index contributed by atoms with van der Waals surface area (Å²) in [7, 11) is 0. The second-order valence-corrected chi connectivity index (χ2v) is 1.34. The van der Waals surface area contributed by atoms with Gasteiger partial charge in [-0.1, -0.05) is 6.08 Å². The van der Waals surface area contributed by atoms with Crippen molar-refractivity contribution in [2.24, 2.45) is 5.73 Å². The second kappa shape index (κ2) is 5.35. The van der Waals surface area contributed by atoms with Crippen LogP contribution >= 0.6 is 0 Å². The van der Waals surface area contributed by atoms with Crippen LogP contribution in [0.2, 0.25) is 0 Å². The fourth-order valence-electron chi connectivity index (χ4n) is 0.142. The molecule has 0 aliphatic rings. The van der Waals surface area contributed by atoms with Gasteiger partial charge in [0.05, 0.1) is 0 Å². The first kappa shape index (κ1) is 11.1. The number of nitrogens with two attached hydrogens (primary N) is 1. The largest absolute Gasteiger partial charge is 1.00 e. The van der Waals surface area contributed by atoms with Crippen LogP contribution in [0.3, 0.4) is 0 Å². The quantitative estimate of drug-likeness (QED) is 0.305. The van der Waals surface area contributed by atoms with Gasteiger partial charge in [-0.15, -0.1) is 0 Å². The first-order valence-corrected chi connectivity index (χ1v) is 2.11. The van der Waals surface area contributed by atoms with E-state index >= 15 is 0 Å². The molecule has 0 radical (unpaired) electrons. The molecule has 2 nitrogen and oxygen atoms in total.